The molecule has 0 spiro atoms. The molecule has 0 saturated carbocycles. The van der Waals surface area contributed by atoms with Crippen LogP contribution in [0.5, 0.6) is 0 Å². The number of hydrogen-bond acceptors (Lipinski definition) is 4. The molecule has 1 aromatic rings. The van der Waals surface area contributed by atoms with Crippen molar-refractivity contribution < 1.29 is 8.42 Å². The molecule has 102 valence electrons. The summed E-state index contributed by atoms with van der Waals surface area (Å²) in [7, 11) is -3.32. The minimum absolute atomic E-state index is 0.0325. The molecule has 1 aromatic carbocycles. The second-order valence-corrected chi connectivity index (χ2v) is 6.63. The fraction of sp³-hybridized carbons (Fsp3) is 0.462. The maximum atomic E-state index is 12.3. The minimum Gasteiger partial charge on any atom is -0.329 e. The van der Waals surface area contributed by atoms with Crippen LogP contribution in [0.2, 0.25) is 0 Å². The number of nitrogens with zero attached hydrogens (tertiary/aromatic N) is 2. The quantitative estimate of drug-likeness (QED) is 0.883. The molecule has 0 amide bonds. The van der Waals surface area contributed by atoms with Gasteiger partial charge >= 0.3 is 0 Å². The SMILES string of the molecule is N#Cc1ccc(CS(=O)(=O)N2CCCC2CN)cc1. The first-order valence-electron chi connectivity index (χ1n) is 6.25. The van der Waals surface area contributed by atoms with Crippen molar-refractivity contribution in [2.45, 2.75) is 24.6 Å². The molecule has 1 saturated heterocycles. The Morgan fingerprint density at radius 2 is 2.05 bits per heavy atom. The summed E-state index contributed by atoms with van der Waals surface area (Å²) in [6.07, 6.45) is 1.71. The van der Waals surface area contributed by atoms with E-state index in [9.17, 15) is 8.42 Å². The molecule has 0 radical (unpaired) electrons. The molecule has 19 heavy (non-hydrogen) atoms. The Labute approximate surface area is 113 Å². The highest BCUT2D eigenvalue weighted by atomic mass is 32.2. The van der Waals surface area contributed by atoms with Crippen LogP contribution in [0, 0.1) is 11.3 Å². The van der Waals surface area contributed by atoms with Crippen LogP contribution in [0.4, 0.5) is 0 Å². The molecule has 1 aliphatic rings. The molecule has 2 N–H and O–H groups in total. The van der Waals surface area contributed by atoms with Gasteiger partial charge in [-0.25, -0.2) is 8.42 Å². The van der Waals surface area contributed by atoms with Crippen LogP contribution in [-0.4, -0.2) is 31.9 Å². The summed E-state index contributed by atoms with van der Waals surface area (Å²) < 4.78 is 26.2. The molecule has 1 fully saturated rings. The van der Waals surface area contributed by atoms with Crippen LogP contribution in [-0.2, 0) is 15.8 Å². The second kappa shape index (κ2) is 5.70. The van der Waals surface area contributed by atoms with Gasteiger partial charge in [-0.3, -0.25) is 0 Å². The van der Waals surface area contributed by atoms with Gasteiger partial charge in [-0.2, -0.15) is 9.57 Å². The Kier molecular flexibility index (Phi) is 4.20. The van der Waals surface area contributed by atoms with Gasteiger partial charge < -0.3 is 5.73 Å². The summed E-state index contributed by atoms with van der Waals surface area (Å²) in [5, 5.41) is 8.71. The van der Waals surface area contributed by atoms with E-state index in [1.54, 1.807) is 24.3 Å². The summed E-state index contributed by atoms with van der Waals surface area (Å²) in [5.74, 6) is -0.0325. The van der Waals surface area contributed by atoms with Crippen molar-refractivity contribution in [3.05, 3.63) is 35.4 Å². The van der Waals surface area contributed by atoms with E-state index in [0.29, 0.717) is 24.2 Å². The first kappa shape index (κ1) is 14.0. The largest absolute Gasteiger partial charge is 0.329 e. The predicted molar refractivity (Wildman–Crippen MR) is 72.6 cm³/mol. The molecule has 2 rings (SSSR count). The molecule has 0 bridgehead atoms. The number of nitriles is 1. The highest BCUT2D eigenvalue weighted by Gasteiger charge is 2.33. The Bertz CT molecular complexity index is 575. The Hall–Kier alpha value is -1.42. The van der Waals surface area contributed by atoms with Gasteiger partial charge in [0, 0.05) is 19.1 Å². The summed E-state index contributed by atoms with van der Waals surface area (Å²) in [4.78, 5) is 0. The molecule has 0 aromatic heterocycles. The first-order chi connectivity index (χ1) is 9.06. The van der Waals surface area contributed by atoms with E-state index in [1.807, 2.05) is 6.07 Å². The van der Waals surface area contributed by atoms with Crippen LogP contribution < -0.4 is 5.73 Å². The van der Waals surface area contributed by atoms with Crippen LogP contribution in [0.3, 0.4) is 0 Å². The predicted octanol–water partition coefficient (Wildman–Crippen LogP) is 0.811. The molecule has 1 atom stereocenters. The van der Waals surface area contributed by atoms with E-state index < -0.39 is 10.0 Å². The molecular weight excluding hydrogens is 262 g/mol. The molecule has 5 nitrogen and oxygen atoms in total. The first-order valence-corrected chi connectivity index (χ1v) is 7.86. The monoisotopic (exact) mass is 279 g/mol. The number of nitrogens with two attached hydrogens (primary N) is 1. The van der Waals surface area contributed by atoms with Crippen molar-refractivity contribution in [1.29, 1.82) is 5.26 Å². The van der Waals surface area contributed by atoms with Gasteiger partial charge in [0.2, 0.25) is 10.0 Å². The van der Waals surface area contributed by atoms with Crippen molar-refractivity contribution in [3.63, 3.8) is 0 Å². The van der Waals surface area contributed by atoms with Gasteiger partial charge in [0.05, 0.1) is 17.4 Å². The van der Waals surface area contributed by atoms with E-state index in [0.717, 1.165) is 12.8 Å². The molecule has 1 heterocycles. The average Bonchev–Trinajstić information content (AvgIpc) is 2.88. The van der Waals surface area contributed by atoms with Gasteiger partial charge in [0.1, 0.15) is 0 Å². The van der Waals surface area contributed by atoms with Crippen LogP contribution >= 0.6 is 0 Å². The molecule has 1 aliphatic heterocycles. The van der Waals surface area contributed by atoms with E-state index in [2.05, 4.69) is 0 Å². The normalized spacial score (nSPS) is 20.3. The molecule has 1 unspecified atom stereocenters. The smallest absolute Gasteiger partial charge is 0.218 e. The van der Waals surface area contributed by atoms with Gasteiger partial charge in [0.25, 0.3) is 0 Å². The van der Waals surface area contributed by atoms with Crippen molar-refractivity contribution in [3.8, 4) is 6.07 Å². The van der Waals surface area contributed by atoms with E-state index >= 15 is 0 Å². The third-order valence-electron chi connectivity index (χ3n) is 3.38. The fourth-order valence-corrected chi connectivity index (χ4v) is 4.21. The van der Waals surface area contributed by atoms with Crippen molar-refractivity contribution in [2.24, 2.45) is 5.73 Å². The summed E-state index contributed by atoms with van der Waals surface area (Å²) >= 11 is 0. The highest BCUT2D eigenvalue weighted by Crippen LogP contribution is 2.22. The lowest BCUT2D eigenvalue weighted by atomic mass is 10.2. The molecule has 6 heteroatoms. The Balaban J connectivity index is 2.14. The summed E-state index contributed by atoms with van der Waals surface area (Å²) in [5.41, 5.74) is 6.84. The lowest BCUT2D eigenvalue weighted by Crippen LogP contribution is -2.40. The standard InChI is InChI=1S/C13H17N3O2S/c14-8-11-3-5-12(6-4-11)10-19(17,18)16-7-1-2-13(16)9-15/h3-6,13H,1-2,7,9-10,15H2. The Morgan fingerprint density at radius 1 is 1.37 bits per heavy atom. The van der Waals surface area contributed by atoms with Gasteiger partial charge in [0.15, 0.2) is 0 Å². The lowest BCUT2D eigenvalue weighted by molar-refractivity contribution is 0.392. The molecular formula is C13H17N3O2S. The lowest BCUT2D eigenvalue weighted by Gasteiger charge is -2.22. The number of rotatable bonds is 4. The van der Waals surface area contributed by atoms with E-state index in [-0.39, 0.29) is 11.8 Å². The summed E-state index contributed by atoms with van der Waals surface area (Å²) in [6.45, 7) is 0.924. The maximum Gasteiger partial charge on any atom is 0.218 e. The third-order valence-corrected chi connectivity index (χ3v) is 5.28. The topological polar surface area (TPSA) is 87.2 Å². The van der Waals surface area contributed by atoms with Crippen molar-refractivity contribution in [1.82, 2.24) is 4.31 Å². The third kappa shape index (κ3) is 3.13. The van der Waals surface area contributed by atoms with Crippen LogP contribution in [0.25, 0.3) is 0 Å². The van der Waals surface area contributed by atoms with E-state index in [4.69, 9.17) is 11.0 Å². The van der Waals surface area contributed by atoms with Gasteiger partial charge in [-0.05, 0) is 30.5 Å². The fourth-order valence-electron chi connectivity index (χ4n) is 2.38. The van der Waals surface area contributed by atoms with Crippen molar-refractivity contribution in [2.75, 3.05) is 13.1 Å². The maximum absolute atomic E-state index is 12.3. The minimum atomic E-state index is -3.32. The van der Waals surface area contributed by atoms with Gasteiger partial charge in [-0.1, -0.05) is 12.1 Å². The number of hydrogen-bond donors (Lipinski definition) is 1. The highest BCUT2D eigenvalue weighted by molar-refractivity contribution is 7.88. The zero-order chi connectivity index (χ0) is 13.9. The van der Waals surface area contributed by atoms with E-state index in [1.165, 1.54) is 4.31 Å². The van der Waals surface area contributed by atoms with Crippen molar-refractivity contribution >= 4 is 10.0 Å². The van der Waals surface area contributed by atoms with Gasteiger partial charge in [-0.15, -0.1) is 0 Å². The Morgan fingerprint density at radius 3 is 2.63 bits per heavy atom. The molecule has 0 aliphatic carbocycles. The van der Waals surface area contributed by atoms with Crippen LogP contribution in [0.1, 0.15) is 24.0 Å². The van der Waals surface area contributed by atoms with Crippen LogP contribution in [0.15, 0.2) is 24.3 Å². The zero-order valence-corrected chi connectivity index (χ0v) is 11.4. The summed E-state index contributed by atoms with van der Waals surface area (Å²) in [6, 6.07) is 8.58. The second-order valence-electron chi connectivity index (χ2n) is 4.71. The zero-order valence-electron chi connectivity index (χ0n) is 10.6. The average molecular weight is 279 g/mol. The number of sulfonamides is 1. The number of benzene rings is 1.